The molecule has 3 heterocycles. The minimum absolute atomic E-state index is 0.0488. The van der Waals surface area contributed by atoms with E-state index in [1.54, 1.807) is 7.11 Å². The molecule has 3 amide bonds. The number of nitrogens with one attached hydrogen (secondary N) is 1. The summed E-state index contributed by atoms with van der Waals surface area (Å²) in [7, 11) is 1.73. The Hall–Kier alpha value is -2.86. The second-order valence-electron chi connectivity index (χ2n) is 9.79. The van der Waals surface area contributed by atoms with Gasteiger partial charge >= 0.3 is 18.2 Å². The molecular formula is C25H35F3N4O5. The van der Waals surface area contributed by atoms with Crippen LogP contribution in [0.1, 0.15) is 26.2 Å². The number of hydrogen-bond acceptors (Lipinski definition) is 5. The molecule has 37 heavy (non-hydrogen) atoms. The maximum Gasteiger partial charge on any atom is 0.490 e. The van der Waals surface area contributed by atoms with Crippen LogP contribution in [0.25, 0.3) is 0 Å². The van der Waals surface area contributed by atoms with Crippen molar-refractivity contribution in [2.75, 3.05) is 64.8 Å². The molecule has 1 unspecified atom stereocenters. The number of piperidine rings is 1. The van der Waals surface area contributed by atoms with Crippen LogP contribution in [-0.4, -0.2) is 103 Å². The zero-order valence-corrected chi connectivity index (χ0v) is 21.2. The van der Waals surface area contributed by atoms with E-state index in [2.05, 4.69) is 17.1 Å². The van der Waals surface area contributed by atoms with Gasteiger partial charge in [0, 0.05) is 64.0 Å². The van der Waals surface area contributed by atoms with Crippen LogP contribution in [-0.2, 0) is 14.3 Å². The molecule has 2 N–H and O–H groups in total. The Morgan fingerprint density at radius 1 is 1.08 bits per heavy atom. The summed E-state index contributed by atoms with van der Waals surface area (Å²) in [6.07, 6.45) is -2.40. The van der Waals surface area contributed by atoms with Crippen molar-refractivity contribution in [1.82, 2.24) is 14.7 Å². The Balaban J connectivity index is 0.000000479. The molecule has 1 atom stereocenters. The van der Waals surface area contributed by atoms with Gasteiger partial charge in [-0.2, -0.15) is 13.2 Å². The molecule has 3 aliphatic rings. The molecule has 4 rings (SSSR count). The normalized spacial score (nSPS) is 23.3. The Kier molecular flexibility index (Phi) is 9.06. The standard InChI is InChI=1S/C23H34N4O3.C2HF3O2/c1-3-26-14-11-23(20(26)28)18-25(15-16-30-2)17-22(23)9-12-27(13-10-22)21(29)24-19-7-5-4-6-8-19;3-2(4,5)1(6)7/h4-8H,3,9-18H2,1-2H3,(H,24,29);(H,6,7). The number of carbonyl (C=O) groups excluding carboxylic acids is 2. The molecule has 1 aromatic carbocycles. The lowest BCUT2D eigenvalue weighted by Gasteiger charge is -2.47. The number of amides is 3. The minimum atomic E-state index is -5.08. The molecule has 3 saturated heterocycles. The first-order valence-corrected chi connectivity index (χ1v) is 12.4. The second kappa shape index (κ2) is 11.7. The number of likely N-dealkylation sites (tertiary alicyclic amines) is 3. The molecule has 3 aliphatic heterocycles. The van der Waals surface area contributed by atoms with E-state index in [1.807, 2.05) is 40.1 Å². The van der Waals surface area contributed by atoms with E-state index in [0.29, 0.717) is 25.6 Å². The van der Waals surface area contributed by atoms with E-state index in [9.17, 15) is 22.8 Å². The zero-order chi connectivity index (χ0) is 27.3. The van der Waals surface area contributed by atoms with Gasteiger partial charge in [0.1, 0.15) is 0 Å². The topological polar surface area (TPSA) is 102 Å². The third kappa shape index (κ3) is 6.18. The summed E-state index contributed by atoms with van der Waals surface area (Å²) in [6.45, 7) is 8.37. The molecular weight excluding hydrogens is 493 g/mol. The van der Waals surface area contributed by atoms with Crippen molar-refractivity contribution in [2.24, 2.45) is 10.8 Å². The van der Waals surface area contributed by atoms with Gasteiger partial charge < -0.3 is 25.0 Å². The molecule has 0 aromatic heterocycles. The fraction of sp³-hybridized carbons (Fsp3) is 0.640. The van der Waals surface area contributed by atoms with Gasteiger partial charge in [0.05, 0.1) is 12.0 Å². The minimum Gasteiger partial charge on any atom is -0.475 e. The fourth-order valence-corrected chi connectivity index (χ4v) is 5.84. The average Bonchev–Trinajstić information content (AvgIpc) is 3.35. The highest BCUT2D eigenvalue weighted by atomic mass is 19.4. The van der Waals surface area contributed by atoms with Crippen molar-refractivity contribution in [3.8, 4) is 0 Å². The number of urea groups is 1. The maximum absolute atomic E-state index is 13.5. The predicted octanol–water partition coefficient (Wildman–Crippen LogP) is 3.13. The van der Waals surface area contributed by atoms with Gasteiger partial charge in [0.2, 0.25) is 5.91 Å². The van der Waals surface area contributed by atoms with Crippen LogP contribution in [0.5, 0.6) is 0 Å². The molecule has 0 radical (unpaired) electrons. The summed E-state index contributed by atoms with van der Waals surface area (Å²) >= 11 is 0. The molecule has 206 valence electrons. The number of hydrogen-bond donors (Lipinski definition) is 2. The van der Waals surface area contributed by atoms with Crippen LogP contribution < -0.4 is 5.32 Å². The number of carboxylic acid groups (broad SMARTS) is 1. The van der Waals surface area contributed by atoms with Gasteiger partial charge in [-0.05, 0) is 38.3 Å². The van der Waals surface area contributed by atoms with E-state index in [1.165, 1.54) is 0 Å². The summed E-state index contributed by atoms with van der Waals surface area (Å²) in [5.41, 5.74) is 0.458. The quantitative estimate of drug-likeness (QED) is 0.609. The molecule has 9 nitrogen and oxygen atoms in total. The number of carbonyl (C=O) groups is 3. The molecule has 1 aromatic rings. The monoisotopic (exact) mass is 528 g/mol. The maximum atomic E-state index is 13.5. The Bertz CT molecular complexity index is 953. The van der Waals surface area contributed by atoms with Gasteiger partial charge in [-0.3, -0.25) is 9.69 Å². The number of fused-ring (bicyclic) bond motifs is 1. The number of rotatable bonds is 5. The highest BCUT2D eigenvalue weighted by molar-refractivity contribution is 5.89. The summed E-state index contributed by atoms with van der Waals surface area (Å²) in [5, 5.41) is 10.1. The van der Waals surface area contributed by atoms with Gasteiger partial charge in [-0.25, -0.2) is 9.59 Å². The van der Waals surface area contributed by atoms with Crippen molar-refractivity contribution >= 4 is 23.6 Å². The van der Waals surface area contributed by atoms with Crippen molar-refractivity contribution < 1.29 is 37.4 Å². The van der Waals surface area contributed by atoms with Crippen LogP contribution in [0.15, 0.2) is 30.3 Å². The summed E-state index contributed by atoms with van der Waals surface area (Å²) in [6, 6.07) is 9.53. The molecule has 0 bridgehead atoms. The van der Waals surface area contributed by atoms with Crippen LogP contribution in [0.3, 0.4) is 0 Å². The van der Waals surface area contributed by atoms with E-state index in [-0.39, 0.29) is 16.9 Å². The van der Waals surface area contributed by atoms with Gasteiger partial charge in [0.25, 0.3) is 0 Å². The van der Waals surface area contributed by atoms with E-state index >= 15 is 0 Å². The number of halogens is 3. The zero-order valence-electron chi connectivity index (χ0n) is 21.2. The molecule has 12 heteroatoms. The van der Waals surface area contributed by atoms with Crippen molar-refractivity contribution in [2.45, 2.75) is 32.4 Å². The smallest absolute Gasteiger partial charge is 0.475 e. The molecule has 0 aliphatic carbocycles. The largest absolute Gasteiger partial charge is 0.490 e. The third-order valence-corrected chi connectivity index (χ3v) is 7.81. The van der Waals surface area contributed by atoms with Gasteiger partial charge in [-0.15, -0.1) is 0 Å². The molecule has 2 spiro atoms. The lowest BCUT2D eigenvalue weighted by atomic mass is 9.60. The van der Waals surface area contributed by atoms with E-state index < -0.39 is 12.1 Å². The fourth-order valence-electron chi connectivity index (χ4n) is 5.84. The van der Waals surface area contributed by atoms with Gasteiger partial charge in [0.15, 0.2) is 0 Å². The number of alkyl halides is 3. The number of methoxy groups -OCH3 is 1. The summed E-state index contributed by atoms with van der Waals surface area (Å²) in [4.78, 5) is 41.5. The van der Waals surface area contributed by atoms with Crippen molar-refractivity contribution in [1.29, 1.82) is 0 Å². The van der Waals surface area contributed by atoms with E-state index in [0.717, 1.165) is 57.7 Å². The predicted molar refractivity (Wildman–Crippen MR) is 130 cm³/mol. The Morgan fingerprint density at radius 2 is 1.70 bits per heavy atom. The van der Waals surface area contributed by atoms with Crippen LogP contribution in [0.4, 0.5) is 23.7 Å². The van der Waals surface area contributed by atoms with Crippen LogP contribution >= 0.6 is 0 Å². The summed E-state index contributed by atoms with van der Waals surface area (Å²) < 4.78 is 37.0. The first-order chi connectivity index (χ1) is 17.5. The van der Waals surface area contributed by atoms with Crippen LogP contribution in [0, 0.1) is 10.8 Å². The molecule has 3 fully saturated rings. The van der Waals surface area contributed by atoms with Crippen molar-refractivity contribution in [3.05, 3.63) is 30.3 Å². The molecule has 0 saturated carbocycles. The first-order valence-electron chi connectivity index (χ1n) is 12.4. The number of carboxylic acids is 1. The number of benzene rings is 1. The first kappa shape index (κ1) is 28.7. The SMILES string of the molecule is CCN1CCC2(CN(CCOC)CC23CCN(C(=O)Nc2ccccc2)CC3)C1=O.O=C(O)C(F)(F)F. The lowest BCUT2D eigenvalue weighted by Crippen LogP contribution is -2.54. The average molecular weight is 529 g/mol. The van der Waals surface area contributed by atoms with E-state index in [4.69, 9.17) is 14.6 Å². The lowest BCUT2D eigenvalue weighted by molar-refractivity contribution is -0.192. The summed E-state index contributed by atoms with van der Waals surface area (Å²) in [5.74, 6) is -2.43. The third-order valence-electron chi connectivity index (χ3n) is 7.81. The Morgan fingerprint density at radius 3 is 2.22 bits per heavy atom. The highest BCUT2D eigenvalue weighted by Crippen LogP contribution is 2.57. The number of anilines is 1. The number of nitrogens with zero attached hydrogens (tertiary/aromatic N) is 3. The highest BCUT2D eigenvalue weighted by Gasteiger charge is 2.64. The van der Waals surface area contributed by atoms with Gasteiger partial charge in [-0.1, -0.05) is 18.2 Å². The van der Waals surface area contributed by atoms with Crippen molar-refractivity contribution in [3.63, 3.8) is 0 Å². The number of aliphatic carboxylic acids is 1. The van der Waals surface area contributed by atoms with Crippen LogP contribution in [0.2, 0.25) is 0 Å². The number of para-hydroxylation sites is 1. The second-order valence-corrected chi connectivity index (χ2v) is 9.79. The Labute approximate surface area is 214 Å². The number of ether oxygens (including phenoxy) is 1.